The molecular weight excluding hydrogens is 502 g/mol. The van der Waals surface area contributed by atoms with Crippen LogP contribution in [0, 0.1) is 0 Å². The number of benzene rings is 1. The van der Waals surface area contributed by atoms with E-state index in [2.05, 4.69) is 28.2 Å². The first-order chi connectivity index (χ1) is 17.3. The number of nitrogens with two attached hydrogens (primary N) is 1. The monoisotopic (exact) mass is 535 g/mol. The SMILES string of the molecule is CSCCC(NC(=O)C(N)Cc1c[nH]c2ccccc12)C(=O)N1CCCC1C(=O)NC(CS)C(=O)O. The summed E-state index contributed by atoms with van der Waals surface area (Å²) in [4.78, 5) is 55.1. The lowest BCUT2D eigenvalue weighted by molar-refractivity contribution is -0.144. The largest absolute Gasteiger partial charge is 0.480 e. The Balaban J connectivity index is 1.68. The predicted molar refractivity (Wildman–Crippen MR) is 143 cm³/mol. The summed E-state index contributed by atoms with van der Waals surface area (Å²) in [6, 6.07) is 4.09. The van der Waals surface area contributed by atoms with E-state index in [0.717, 1.165) is 16.5 Å². The van der Waals surface area contributed by atoms with E-state index in [1.807, 2.05) is 36.7 Å². The molecule has 3 amide bonds. The molecule has 0 aliphatic carbocycles. The summed E-state index contributed by atoms with van der Waals surface area (Å²) in [5, 5.41) is 15.5. The van der Waals surface area contributed by atoms with Crippen molar-refractivity contribution in [2.24, 2.45) is 5.73 Å². The van der Waals surface area contributed by atoms with Crippen LogP contribution in [0.2, 0.25) is 0 Å². The Kier molecular flexibility index (Phi) is 10.1. The van der Waals surface area contributed by atoms with E-state index in [4.69, 9.17) is 5.73 Å². The first-order valence-corrected chi connectivity index (χ1v) is 13.8. The number of fused-ring (bicyclic) bond motifs is 1. The number of hydrogen-bond donors (Lipinski definition) is 6. The van der Waals surface area contributed by atoms with E-state index in [-0.39, 0.29) is 11.7 Å². The average molecular weight is 536 g/mol. The number of rotatable bonds is 12. The average Bonchev–Trinajstić information content (AvgIpc) is 3.52. The molecule has 0 spiro atoms. The lowest BCUT2D eigenvalue weighted by Crippen LogP contribution is -2.57. The number of carbonyl (C=O) groups is 4. The van der Waals surface area contributed by atoms with Crippen molar-refractivity contribution in [3.05, 3.63) is 36.0 Å². The van der Waals surface area contributed by atoms with Crippen LogP contribution in [-0.2, 0) is 25.6 Å². The highest BCUT2D eigenvalue weighted by molar-refractivity contribution is 7.98. The summed E-state index contributed by atoms with van der Waals surface area (Å²) in [6.45, 7) is 0.350. The van der Waals surface area contributed by atoms with Gasteiger partial charge < -0.3 is 31.4 Å². The molecule has 4 unspecified atom stereocenters. The molecule has 4 atom stereocenters. The molecule has 1 aromatic heterocycles. The topological polar surface area (TPSA) is 158 Å². The van der Waals surface area contributed by atoms with Gasteiger partial charge in [0.15, 0.2) is 0 Å². The third-order valence-corrected chi connectivity index (χ3v) is 7.32. The van der Waals surface area contributed by atoms with Gasteiger partial charge in [-0.25, -0.2) is 4.79 Å². The number of aromatic amines is 1. The fourth-order valence-electron chi connectivity index (χ4n) is 4.36. The summed E-state index contributed by atoms with van der Waals surface area (Å²) >= 11 is 5.52. The second kappa shape index (κ2) is 13.0. The molecule has 1 aromatic carbocycles. The number of amides is 3. The Labute approximate surface area is 219 Å². The smallest absolute Gasteiger partial charge is 0.327 e. The number of nitrogens with one attached hydrogen (secondary N) is 3. The first-order valence-electron chi connectivity index (χ1n) is 11.8. The minimum absolute atomic E-state index is 0.0670. The number of carboxylic acid groups (broad SMARTS) is 1. The van der Waals surface area contributed by atoms with Crippen LogP contribution in [0.25, 0.3) is 10.9 Å². The van der Waals surface area contributed by atoms with Crippen LogP contribution in [0.1, 0.15) is 24.8 Å². The van der Waals surface area contributed by atoms with Gasteiger partial charge in [-0.05, 0) is 49.3 Å². The molecule has 3 rings (SSSR count). The maximum Gasteiger partial charge on any atom is 0.327 e. The zero-order valence-electron chi connectivity index (χ0n) is 20.1. The van der Waals surface area contributed by atoms with Crippen LogP contribution in [0.15, 0.2) is 30.5 Å². The van der Waals surface area contributed by atoms with Gasteiger partial charge in [0.25, 0.3) is 0 Å². The fourth-order valence-corrected chi connectivity index (χ4v) is 5.08. The normalized spacial score (nSPS) is 18.0. The highest BCUT2D eigenvalue weighted by atomic mass is 32.2. The number of thioether (sulfide) groups is 1. The van der Waals surface area contributed by atoms with Gasteiger partial charge in [-0.15, -0.1) is 0 Å². The van der Waals surface area contributed by atoms with Crippen LogP contribution in [0.5, 0.6) is 0 Å². The minimum Gasteiger partial charge on any atom is -0.480 e. The van der Waals surface area contributed by atoms with Crippen molar-refractivity contribution < 1.29 is 24.3 Å². The number of carbonyl (C=O) groups excluding carboxylic acids is 3. The molecule has 2 heterocycles. The first kappa shape index (κ1) is 27.9. The maximum absolute atomic E-state index is 13.5. The van der Waals surface area contributed by atoms with Gasteiger partial charge in [0, 0.05) is 29.4 Å². The van der Waals surface area contributed by atoms with Gasteiger partial charge in [-0.3, -0.25) is 14.4 Å². The molecule has 1 aliphatic rings. The van der Waals surface area contributed by atoms with Gasteiger partial charge in [0.1, 0.15) is 18.1 Å². The molecule has 6 N–H and O–H groups in total. The number of thiol groups is 1. The van der Waals surface area contributed by atoms with Crippen LogP contribution in [0.3, 0.4) is 0 Å². The molecule has 1 aliphatic heterocycles. The molecule has 0 bridgehead atoms. The molecule has 10 nitrogen and oxygen atoms in total. The van der Waals surface area contributed by atoms with Gasteiger partial charge in [-0.1, -0.05) is 18.2 Å². The van der Waals surface area contributed by atoms with Gasteiger partial charge in [-0.2, -0.15) is 24.4 Å². The highest BCUT2D eigenvalue weighted by Gasteiger charge is 2.38. The number of likely N-dealkylation sites (tertiary alicyclic amines) is 1. The zero-order valence-corrected chi connectivity index (χ0v) is 21.8. The second-order valence-electron chi connectivity index (χ2n) is 8.78. The Hall–Kier alpha value is -2.70. The molecule has 0 radical (unpaired) electrons. The van der Waals surface area contributed by atoms with Gasteiger partial charge in [0.05, 0.1) is 6.04 Å². The standard InChI is InChI=1S/C24H33N5O5S2/c1-36-10-8-18(23(32)29-9-4-7-20(29)22(31)28-19(13-35)24(33)34)27-21(30)16(25)11-14-12-26-17-6-3-2-5-15(14)17/h2-3,5-6,12,16,18-20,26,35H,4,7-11,13,25H2,1H3,(H,27,30)(H,28,31)(H,33,34). The lowest BCUT2D eigenvalue weighted by atomic mass is 10.0. The number of carboxylic acids is 1. The quantitative estimate of drug-likeness (QED) is 0.219. The lowest BCUT2D eigenvalue weighted by Gasteiger charge is -2.29. The maximum atomic E-state index is 13.5. The molecule has 1 fully saturated rings. The summed E-state index contributed by atoms with van der Waals surface area (Å²) in [5.74, 6) is -1.98. The van der Waals surface area contributed by atoms with E-state index in [1.54, 1.807) is 11.8 Å². The molecule has 1 saturated heterocycles. The third-order valence-electron chi connectivity index (χ3n) is 6.31. The zero-order chi connectivity index (χ0) is 26.2. The van der Waals surface area contributed by atoms with Gasteiger partial charge in [0.2, 0.25) is 17.7 Å². The van der Waals surface area contributed by atoms with Crippen molar-refractivity contribution in [3.8, 4) is 0 Å². The van der Waals surface area contributed by atoms with Crippen molar-refractivity contribution in [3.63, 3.8) is 0 Å². The second-order valence-corrected chi connectivity index (χ2v) is 10.1. The molecular formula is C24H33N5O5S2. The number of nitrogens with zero attached hydrogens (tertiary/aromatic N) is 1. The van der Waals surface area contributed by atoms with E-state index in [0.29, 0.717) is 38.0 Å². The number of aromatic nitrogens is 1. The number of H-pyrrole nitrogens is 1. The van der Waals surface area contributed by atoms with Crippen LogP contribution in [-0.4, -0.2) is 87.2 Å². The summed E-state index contributed by atoms with van der Waals surface area (Å²) in [7, 11) is 0. The van der Waals surface area contributed by atoms with Crippen molar-refractivity contribution in [1.82, 2.24) is 20.5 Å². The fraction of sp³-hybridized carbons (Fsp3) is 0.500. The summed E-state index contributed by atoms with van der Waals surface area (Å²) in [6.07, 6.45) is 5.43. The van der Waals surface area contributed by atoms with Crippen molar-refractivity contribution >= 4 is 59.0 Å². The summed E-state index contributed by atoms with van der Waals surface area (Å²) in [5.41, 5.74) is 8.09. The van der Waals surface area contributed by atoms with E-state index in [1.165, 1.54) is 4.90 Å². The van der Waals surface area contributed by atoms with Crippen LogP contribution in [0.4, 0.5) is 0 Å². The highest BCUT2D eigenvalue weighted by Crippen LogP contribution is 2.21. The summed E-state index contributed by atoms with van der Waals surface area (Å²) < 4.78 is 0. The Morgan fingerprint density at radius 1 is 1.25 bits per heavy atom. The minimum atomic E-state index is -1.19. The number of aliphatic carboxylic acids is 1. The van der Waals surface area contributed by atoms with E-state index >= 15 is 0 Å². The van der Waals surface area contributed by atoms with Gasteiger partial charge >= 0.3 is 5.97 Å². The predicted octanol–water partition coefficient (Wildman–Crippen LogP) is 0.766. The van der Waals surface area contributed by atoms with Crippen LogP contribution >= 0.6 is 24.4 Å². The van der Waals surface area contributed by atoms with E-state index in [9.17, 15) is 24.3 Å². The number of hydrogen-bond acceptors (Lipinski definition) is 7. The molecule has 12 heteroatoms. The number of para-hydroxylation sites is 1. The van der Waals surface area contributed by atoms with Crippen molar-refractivity contribution in [1.29, 1.82) is 0 Å². The van der Waals surface area contributed by atoms with Crippen molar-refractivity contribution in [2.75, 3.05) is 24.3 Å². The molecule has 196 valence electrons. The molecule has 36 heavy (non-hydrogen) atoms. The third kappa shape index (κ3) is 6.74. The Morgan fingerprint density at radius 2 is 2.00 bits per heavy atom. The van der Waals surface area contributed by atoms with E-state index < -0.39 is 42.0 Å². The van der Waals surface area contributed by atoms with Crippen LogP contribution < -0.4 is 16.4 Å². The molecule has 0 saturated carbocycles. The van der Waals surface area contributed by atoms with Crippen molar-refractivity contribution in [2.45, 2.75) is 49.9 Å². The Morgan fingerprint density at radius 3 is 2.69 bits per heavy atom. The molecule has 2 aromatic rings. The Bertz CT molecular complexity index is 1090.